The van der Waals surface area contributed by atoms with E-state index in [2.05, 4.69) is 5.32 Å². The highest BCUT2D eigenvalue weighted by molar-refractivity contribution is 5.79. The summed E-state index contributed by atoms with van der Waals surface area (Å²) in [6.45, 7) is 5.85. The Balaban J connectivity index is 4.31. The highest BCUT2D eigenvalue weighted by atomic mass is 16.3. The molecule has 0 rings (SSSR count). The Morgan fingerprint density at radius 1 is 1.31 bits per heavy atom. The predicted molar refractivity (Wildman–Crippen MR) is 62.7 cm³/mol. The first-order valence-electron chi connectivity index (χ1n) is 5.56. The predicted octanol–water partition coefficient (Wildman–Crippen LogP) is -0.533. The van der Waals surface area contributed by atoms with Crippen LogP contribution in [0, 0.1) is 11.3 Å². The molecule has 1 amide bonds. The van der Waals surface area contributed by atoms with E-state index in [0.717, 1.165) is 0 Å². The summed E-state index contributed by atoms with van der Waals surface area (Å²) >= 11 is 0. The average Bonchev–Trinajstić information content (AvgIpc) is 2.20. The lowest BCUT2D eigenvalue weighted by Gasteiger charge is -2.25. The third-order valence-corrected chi connectivity index (χ3v) is 2.30. The second kappa shape index (κ2) is 6.83. The maximum absolute atomic E-state index is 11.8. The van der Waals surface area contributed by atoms with E-state index < -0.39 is 6.04 Å². The third-order valence-electron chi connectivity index (χ3n) is 2.30. The van der Waals surface area contributed by atoms with Crippen LogP contribution in [0.25, 0.3) is 0 Å². The molecule has 0 aliphatic rings. The van der Waals surface area contributed by atoms with Crippen LogP contribution in [0.3, 0.4) is 0 Å². The Hall–Kier alpha value is -0.650. The number of nitrogens with two attached hydrogens (primary N) is 1. The van der Waals surface area contributed by atoms with Crippen molar-refractivity contribution in [2.45, 2.75) is 33.2 Å². The quantitative estimate of drug-likeness (QED) is 0.495. The summed E-state index contributed by atoms with van der Waals surface area (Å²) in [6, 6.07) is -0.596. The number of aliphatic hydroxyl groups is 2. The van der Waals surface area contributed by atoms with Crippen molar-refractivity contribution in [2.24, 2.45) is 17.1 Å². The molecule has 96 valence electrons. The van der Waals surface area contributed by atoms with Gasteiger partial charge in [-0.1, -0.05) is 20.8 Å². The number of carbonyl (C=O) groups is 1. The molecule has 1 unspecified atom stereocenters. The van der Waals surface area contributed by atoms with Gasteiger partial charge in [0.05, 0.1) is 25.2 Å². The van der Waals surface area contributed by atoms with Crippen LogP contribution in [0.5, 0.6) is 0 Å². The number of rotatable bonds is 6. The molecule has 5 N–H and O–H groups in total. The van der Waals surface area contributed by atoms with Crippen LogP contribution in [0.1, 0.15) is 27.2 Å². The van der Waals surface area contributed by atoms with Gasteiger partial charge in [0.2, 0.25) is 5.91 Å². The number of amides is 1. The summed E-state index contributed by atoms with van der Waals surface area (Å²) in [5, 5.41) is 20.3. The fourth-order valence-electron chi connectivity index (χ4n) is 1.49. The number of aliphatic hydroxyl groups excluding tert-OH is 2. The van der Waals surface area contributed by atoms with Gasteiger partial charge in [-0.3, -0.25) is 4.79 Å². The molecular weight excluding hydrogens is 208 g/mol. The molecular formula is C11H24N2O3. The molecule has 0 saturated carbocycles. The van der Waals surface area contributed by atoms with Gasteiger partial charge in [0.25, 0.3) is 0 Å². The van der Waals surface area contributed by atoms with Gasteiger partial charge in [-0.25, -0.2) is 0 Å². The zero-order chi connectivity index (χ0) is 12.8. The van der Waals surface area contributed by atoms with Crippen molar-refractivity contribution in [2.75, 3.05) is 19.8 Å². The summed E-state index contributed by atoms with van der Waals surface area (Å²) in [5.74, 6) is -0.480. The molecule has 0 aromatic heterocycles. The van der Waals surface area contributed by atoms with Crippen molar-refractivity contribution in [3.8, 4) is 0 Å². The summed E-state index contributed by atoms with van der Waals surface area (Å²) in [4.78, 5) is 11.8. The molecule has 0 aliphatic carbocycles. The van der Waals surface area contributed by atoms with Crippen LogP contribution >= 0.6 is 0 Å². The van der Waals surface area contributed by atoms with E-state index in [1.165, 1.54) is 0 Å². The fraction of sp³-hybridized carbons (Fsp3) is 0.909. The highest BCUT2D eigenvalue weighted by Crippen LogP contribution is 2.23. The van der Waals surface area contributed by atoms with Gasteiger partial charge in [0, 0.05) is 6.54 Å². The molecule has 0 bridgehead atoms. The van der Waals surface area contributed by atoms with E-state index in [-0.39, 0.29) is 37.0 Å². The van der Waals surface area contributed by atoms with E-state index in [1.54, 1.807) is 0 Å². The summed E-state index contributed by atoms with van der Waals surface area (Å²) in [7, 11) is 0. The SMILES string of the molecule is CC(C)(C)CC(CN)C(=O)NC(CO)CO. The average molecular weight is 232 g/mol. The number of hydrogen-bond donors (Lipinski definition) is 4. The molecule has 5 heteroatoms. The van der Waals surface area contributed by atoms with Crippen molar-refractivity contribution >= 4 is 5.91 Å². The minimum atomic E-state index is -0.596. The van der Waals surface area contributed by atoms with Crippen molar-refractivity contribution in [1.82, 2.24) is 5.32 Å². The topological polar surface area (TPSA) is 95.6 Å². The smallest absolute Gasteiger partial charge is 0.224 e. The molecule has 0 aliphatic heterocycles. The number of hydrogen-bond acceptors (Lipinski definition) is 4. The van der Waals surface area contributed by atoms with Crippen LogP contribution in [-0.4, -0.2) is 41.9 Å². The Kier molecular flexibility index (Phi) is 6.55. The van der Waals surface area contributed by atoms with Gasteiger partial charge in [-0.2, -0.15) is 0 Å². The molecule has 0 radical (unpaired) electrons. The van der Waals surface area contributed by atoms with Crippen LogP contribution in [0.2, 0.25) is 0 Å². The van der Waals surface area contributed by atoms with Gasteiger partial charge in [-0.15, -0.1) is 0 Å². The van der Waals surface area contributed by atoms with Gasteiger partial charge < -0.3 is 21.3 Å². The van der Waals surface area contributed by atoms with Gasteiger partial charge in [0.1, 0.15) is 0 Å². The first-order valence-corrected chi connectivity index (χ1v) is 5.56. The second-order valence-corrected chi connectivity index (χ2v) is 5.27. The maximum atomic E-state index is 11.8. The van der Waals surface area contributed by atoms with Crippen molar-refractivity contribution in [3.05, 3.63) is 0 Å². The molecule has 16 heavy (non-hydrogen) atoms. The minimum Gasteiger partial charge on any atom is -0.394 e. The van der Waals surface area contributed by atoms with Crippen LogP contribution in [0.4, 0.5) is 0 Å². The second-order valence-electron chi connectivity index (χ2n) is 5.27. The zero-order valence-corrected chi connectivity index (χ0v) is 10.4. The number of nitrogens with one attached hydrogen (secondary N) is 1. The first kappa shape index (κ1) is 15.3. The molecule has 1 atom stereocenters. The Labute approximate surface area is 97.0 Å². The molecule has 0 aromatic carbocycles. The Morgan fingerprint density at radius 3 is 2.12 bits per heavy atom. The van der Waals surface area contributed by atoms with Gasteiger partial charge in [0.15, 0.2) is 0 Å². The Morgan fingerprint density at radius 2 is 1.81 bits per heavy atom. The molecule has 5 nitrogen and oxygen atoms in total. The van der Waals surface area contributed by atoms with E-state index in [1.807, 2.05) is 20.8 Å². The third kappa shape index (κ3) is 6.05. The summed E-state index contributed by atoms with van der Waals surface area (Å²) < 4.78 is 0. The lowest BCUT2D eigenvalue weighted by atomic mass is 9.84. The molecule has 0 heterocycles. The monoisotopic (exact) mass is 232 g/mol. The normalized spacial score (nSPS) is 13.9. The fourth-order valence-corrected chi connectivity index (χ4v) is 1.49. The van der Waals surface area contributed by atoms with Crippen LogP contribution in [-0.2, 0) is 4.79 Å². The van der Waals surface area contributed by atoms with Gasteiger partial charge >= 0.3 is 0 Å². The first-order chi connectivity index (χ1) is 7.34. The molecule has 0 saturated heterocycles. The maximum Gasteiger partial charge on any atom is 0.224 e. The van der Waals surface area contributed by atoms with E-state index in [4.69, 9.17) is 15.9 Å². The molecule has 0 aromatic rings. The lowest BCUT2D eigenvalue weighted by Crippen LogP contribution is -2.45. The zero-order valence-electron chi connectivity index (χ0n) is 10.4. The van der Waals surface area contributed by atoms with Crippen molar-refractivity contribution < 1.29 is 15.0 Å². The highest BCUT2D eigenvalue weighted by Gasteiger charge is 2.24. The van der Waals surface area contributed by atoms with Crippen LogP contribution in [0.15, 0.2) is 0 Å². The van der Waals surface area contributed by atoms with E-state index in [0.29, 0.717) is 6.42 Å². The van der Waals surface area contributed by atoms with E-state index in [9.17, 15) is 4.79 Å². The standard InChI is InChI=1S/C11H24N2O3/c1-11(2,3)4-8(5-12)10(16)13-9(6-14)7-15/h8-9,14-15H,4-7,12H2,1-3H3,(H,13,16). The molecule has 0 spiro atoms. The summed E-state index contributed by atoms with van der Waals surface area (Å²) in [6.07, 6.45) is 0.679. The van der Waals surface area contributed by atoms with Gasteiger partial charge in [-0.05, 0) is 11.8 Å². The largest absolute Gasteiger partial charge is 0.394 e. The molecule has 0 fully saturated rings. The minimum absolute atomic E-state index is 0.0231. The Bertz CT molecular complexity index is 210. The van der Waals surface area contributed by atoms with Crippen molar-refractivity contribution in [1.29, 1.82) is 0 Å². The lowest BCUT2D eigenvalue weighted by molar-refractivity contribution is -0.127. The summed E-state index contributed by atoms with van der Waals surface area (Å²) in [5.41, 5.74) is 5.58. The van der Waals surface area contributed by atoms with E-state index >= 15 is 0 Å². The van der Waals surface area contributed by atoms with Crippen molar-refractivity contribution in [3.63, 3.8) is 0 Å². The number of carbonyl (C=O) groups excluding carboxylic acids is 1. The van der Waals surface area contributed by atoms with Crippen LogP contribution < -0.4 is 11.1 Å².